The highest BCUT2D eigenvalue weighted by molar-refractivity contribution is 5.83. The van der Waals surface area contributed by atoms with Crippen LogP contribution < -0.4 is 0 Å². The molecule has 0 unspecified atom stereocenters. The standard InChI is InChI=1S/C15H16O2/c1-11-3-4-12(2)14(7-11)9-15(16)8-13-5-6-17-10-13/h3-7,10H,8-9H2,1-2H3. The Bertz CT molecular complexity index is 510. The Morgan fingerprint density at radius 3 is 2.71 bits per heavy atom. The van der Waals surface area contributed by atoms with Crippen molar-refractivity contribution in [3.63, 3.8) is 0 Å². The van der Waals surface area contributed by atoms with E-state index < -0.39 is 0 Å². The van der Waals surface area contributed by atoms with Crippen molar-refractivity contribution in [1.29, 1.82) is 0 Å². The van der Waals surface area contributed by atoms with Gasteiger partial charge in [-0.1, -0.05) is 23.8 Å². The van der Waals surface area contributed by atoms with Gasteiger partial charge in [-0.3, -0.25) is 4.79 Å². The van der Waals surface area contributed by atoms with E-state index in [1.54, 1.807) is 12.5 Å². The first-order valence-corrected chi connectivity index (χ1v) is 5.74. The molecule has 0 saturated heterocycles. The van der Waals surface area contributed by atoms with Gasteiger partial charge >= 0.3 is 0 Å². The van der Waals surface area contributed by atoms with Gasteiger partial charge in [-0.05, 0) is 36.6 Å². The number of rotatable bonds is 4. The molecule has 0 aliphatic heterocycles. The predicted octanol–water partition coefficient (Wildman–Crippen LogP) is 3.25. The Balaban J connectivity index is 2.05. The average molecular weight is 228 g/mol. The number of carbonyl (C=O) groups is 1. The summed E-state index contributed by atoms with van der Waals surface area (Å²) in [5.74, 6) is 0.222. The lowest BCUT2D eigenvalue weighted by Gasteiger charge is -2.05. The molecule has 0 fully saturated rings. The molecule has 1 aromatic heterocycles. The lowest BCUT2D eigenvalue weighted by atomic mass is 9.99. The number of furan rings is 1. The highest BCUT2D eigenvalue weighted by Crippen LogP contribution is 2.13. The summed E-state index contributed by atoms with van der Waals surface area (Å²) in [6, 6.07) is 8.05. The van der Waals surface area contributed by atoms with Crippen molar-refractivity contribution in [3.8, 4) is 0 Å². The molecule has 2 rings (SSSR count). The number of Topliss-reactive ketones (excluding diaryl/α,β-unsaturated/α-hetero) is 1. The van der Waals surface area contributed by atoms with Gasteiger partial charge in [0.05, 0.1) is 12.5 Å². The van der Waals surface area contributed by atoms with Gasteiger partial charge in [0.2, 0.25) is 0 Å². The van der Waals surface area contributed by atoms with Gasteiger partial charge in [0.15, 0.2) is 0 Å². The fourth-order valence-corrected chi connectivity index (χ4v) is 1.89. The molecule has 0 amide bonds. The number of benzene rings is 1. The van der Waals surface area contributed by atoms with E-state index in [1.165, 1.54) is 11.1 Å². The second-order valence-corrected chi connectivity index (χ2v) is 4.45. The van der Waals surface area contributed by atoms with Gasteiger partial charge in [-0.2, -0.15) is 0 Å². The third-order valence-corrected chi connectivity index (χ3v) is 2.87. The summed E-state index contributed by atoms with van der Waals surface area (Å²) in [6.07, 6.45) is 4.17. The van der Waals surface area contributed by atoms with E-state index >= 15 is 0 Å². The van der Waals surface area contributed by atoms with E-state index in [0.717, 1.165) is 11.1 Å². The van der Waals surface area contributed by atoms with Crippen molar-refractivity contribution >= 4 is 5.78 Å². The van der Waals surface area contributed by atoms with Crippen LogP contribution in [0.3, 0.4) is 0 Å². The van der Waals surface area contributed by atoms with Crippen molar-refractivity contribution in [2.45, 2.75) is 26.7 Å². The Morgan fingerprint density at radius 2 is 2.00 bits per heavy atom. The highest BCUT2D eigenvalue weighted by atomic mass is 16.3. The molecule has 0 aliphatic carbocycles. The minimum atomic E-state index is 0.222. The summed E-state index contributed by atoms with van der Waals surface area (Å²) in [4.78, 5) is 11.9. The Kier molecular flexibility index (Phi) is 3.43. The van der Waals surface area contributed by atoms with Gasteiger partial charge in [-0.15, -0.1) is 0 Å². The smallest absolute Gasteiger partial charge is 0.141 e. The molecule has 1 heterocycles. The second kappa shape index (κ2) is 5.00. The third kappa shape index (κ3) is 3.06. The van der Waals surface area contributed by atoms with Gasteiger partial charge < -0.3 is 4.42 Å². The van der Waals surface area contributed by atoms with Gasteiger partial charge in [0.1, 0.15) is 5.78 Å². The van der Waals surface area contributed by atoms with Crippen molar-refractivity contribution in [2.24, 2.45) is 0 Å². The van der Waals surface area contributed by atoms with Crippen LogP contribution in [0.25, 0.3) is 0 Å². The van der Waals surface area contributed by atoms with Gasteiger partial charge in [-0.25, -0.2) is 0 Å². The molecular formula is C15H16O2. The van der Waals surface area contributed by atoms with E-state index in [9.17, 15) is 4.79 Å². The summed E-state index contributed by atoms with van der Waals surface area (Å²) >= 11 is 0. The molecule has 0 N–H and O–H groups in total. The van der Waals surface area contributed by atoms with Crippen LogP contribution in [-0.2, 0) is 17.6 Å². The van der Waals surface area contributed by atoms with Crippen LogP contribution in [0.15, 0.2) is 41.2 Å². The molecule has 2 aromatic rings. The molecular weight excluding hydrogens is 212 g/mol. The number of hydrogen-bond acceptors (Lipinski definition) is 2. The van der Waals surface area contributed by atoms with Crippen LogP contribution in [0, 0.1) is 13.8 Å². The fraction of sp³-hybridized carbons (Fsp3) is 0.267. The van der Waals surface area contributed by atoms with E-state index in [2.05, 4.69) is 18.2 Å². The number of hydrogen-bond donors (Lipinski definition) is 0. The van der Waals surface area contributed by atoms with E-state index in [1.807, 2.05) is 19.9 Å². The first kappa shape index (κ1) is 11.6. The molecule has 17 heavy (non-hydrogen) atoms. The Morgan fingerprint density at radius 1 is 1.18 bits per heavy atom. The van der Waals surface area contributed by atoms with Gasteiger partial charge in [0, 0.05) is 12.8 Å². The largest absolute Gasteiger partial charge is 0.472 e. The molecule has 0 radical (unpaired) electrons. The van der Waals surface area contributed by atoms with Crippen molar-refractivity contribution < 1.29 is 9.21 Å². The SMILES string of the molecule is Cc1ccc(C)c(CC(=O)Cc2ccoc2)c1. The monoisotopic (exact) mass is 228 g/mol. The summed E-state index contributed by atoms with van der Waals surface area (Å²) in [6.45, 7) is 4.09. The quantitative estimate of drug-likeness (QED) is 0.804. The van der Waals surface area contributed by atoms with Crippen molar-refractivity contribution in [2.75, 3.05) is 0 Å². The fourth-order valence-electron chi connectivity index (χ4n) is 1.89. The maximum absolute atomic E-state index is 11.9. The zero-order chi connectivity index (χ0) is 12.3. The van der Waals surface area contributed by atoms with Crippen LogP contribution in [0.5, 0.6) is 0 Å². The Labute approximate surface area is 101 Å². The lowest BCUT2D eigenvalue weighted by Crippen LogP contribution is -2.07. The minimum absolute atomic E-state index is 0.222. The third-order valence-electron chi connectivity index (χ3n) is 2.87. The summed E-state index contributed by atoms with van der Waals surface area (Å²) < 4.78 is 4.96. The maximum atomic E-state index is 11.9. The van der Waals surface area contributed by atoms with Gasteiger partial charge in [0.25, 0.3) is 0 Å². The summed E-state index contributed by atoms with van der Waals surface area (Å²) in [7, 11) is 0. The maximum Gasteiger partial charge on any atom is 0.141 e. The average Bonchev–Trinajstić information content (AvgIpc) is 2.76. The number of carbonyl (C=O) groups excluding carboxylic acids is 1. The zero-order valence-electron chi connectivity index (χ0n) is 10.2. The minimum Gasteiger partial charge on any atom is -0.472 e. The Hall–Kier alpha value is -1.83. The van der Waals surface area contributed by atoms with E-state index in [4.69, 9.17) is 4.42 Å². The molecule has 0 atom stereocenters. The zero-order valence-corrected chi connectivity index (χ0v) is 10.2. The molecule has 0 saturated carbocycles. The predicted molar refractivity (Wildman–Crippen MR) is 67.0 cm³/mol. The molecule has 88 valence electrons. The van der Waals surface area contributed by atoms with Crippen molar-refractivity contribution in [1.82, 2.24) is 0 Å². The first-order valence-electron chi connectivity index (χ1n) is 5.74. The van der Waals surface area contributed by atoms with Crippen LogP contribution >= 0.6 is 0 Å². The molecule has 0 spiro atoms. The van der Waals surface area contributed by atoms with E-state index in [0.29, 0.717) is 12.8 Å². The lowest BCUT2D eigenvalue weighted by molar-refractivity contribution is -0.117. The first-order chi connectivity index (χ1) is 8.15. The topological polar surface area (TPSA) is 30.2 Å². The summed E-state index contributed by atoms with van der Waals surface area (Å²) in [5.41, 5.74) is 4.44. The number of ketones is 1. The molecule has 0 bridgehead atoms. The van der Waals surface area contributed by atoms with Crippen LogP contribution in [0.4, 0.5) is 0 Å². The normalized spacial score (nSPS) is 10.5. The molecule has 2 nitrogen and oxygen atoms in total. The summed E-state index contributed by atoms with van der Waals surface area (Å²) in [5, 5.41) is 0. The number of aryl methyl sites for hydroxylation is 2. The molecule has 1 aromatic carbocycles. The van der Waals surface area contributed by atoms with Crippen LogP contribution in [0.2, 0.25) is 0 Å². The highest BCUT2D eigenvalue weighted by Gasteiger charge is 2.08. The molecule has 2 heteroatoms. The van der Waals surface area contributed by atoms with Crippen LogP contribution in [-0.4, -0.2) is 5.78 Å². The molecule has 0 aliphatic rings. The van der Waals surface area contributed by atoms with E-state index in [-0.39, 0.29) is 5.78 Å². The van der Waals surface area contributed by atoms with Crippen LogP contribution in [0.1, 0.15) is 22.3 Å². The second-order valence-electron chi connectivity index (χ2n) is 4.45. The van der Waals surface area contributed by atoms with Crippen molar-refractivity contribution in [3.05, 3.63) is 59.0 Å².